The van der Waals surface area contributed by atoms with Crippen molar-refractivity contribution in [3.8, 4) is 0 Å². The Morgan fingerprint density at radius 1 is 1.22 bits per heavy atom. The van der Waals surface area contributed by atoms with Gasteiger partial charge in [-0.15, -0.1) is 0 Å². The quantitative estimate of drug-likeness (QED) is 0.811. The molecule has 146 valence electrons. The molecule has 1 saturated carbocycles. The number of nitrogens with one attached hydrogen (secondary N) is 1. The van der Waals surface area contributed by atoms with Crippen LogP contribution in [0.25, 0.3) is 0 Å². The molecule has 6 heteroatoms. The second-order valence-corrected chi connectivity index (χ2v) is 7.92. The van der Waals surface area contributed by atoms with Crippen LogP contribution in [0.5, 0.6) is 0 Å². The summed E-state index contributed by atoms with van der Waals surface area (Å²) in [4.78, 5) is 15.0. The standard InChI is InChI=1S/C21H30N4O2/c1-24-20-12-6-11-18(20)19(23-24)15-25(14-17-10-7-13-27-17)21(26)22-16-8-4-2-3-5-9-16/h7,10,13,16H,2-6,8-9,11-12,14-15H2,1H3,(H,22,26). The third-order valence-corrected chi connectivity index (χ3v) is 5.94. The first-order valence-electron chi connectivity index (χ1n) is 10.3. The molecule has 0 unspecified atom stereocenters. The predicted molar refractivity (Wildman–Crippen MR) is 103 cm³/mol. The lowest BCUT2D eigenvalue weighted by atomic mass is 10.1. The molecule has 2 aromatic heterocycles. The zero-order valence-corrected chi connectivity index (χ0v) is 16.2. The van der Waals surface area contributed by atoms with Gasteiger partial charge in [-0.3, -0.25) is 4.68 Å². The van der Waals surface area contributed by atoms with Crippen LogP contribution in [0, 0.1) is 0 Å². The number of hydrogen-bond acceptors (Lipinski definition) is 3. The Bertz CT molecular complexity index is 757. The van der Waals surface area contributed by atoms with Crippen molar-refractivity contribution in [2.24, 2.45) is 7.05 Å². The zero-order chi connectivity index (χ0) is 18.6. The van der Waals surface area contributed by atoms with Crippen LogP contribution in [-0.2, 0) is 33.0 Å². The number of hydrogen-bond donors (Lipinski definition) is 1. The molecule has 0 spiro atoms. The Balaban J connectivity index is 1.50. The first-order valence-corrected chi connectivity index (χ1v) is 10.3. The molecule has 2 aliphatic rings. The molecule has 2 aliphatic carbocycles. The molecule has 6 nitrogen and oxygen atoms in total. The highest BCUT2D eigenvalue weighted by Crippen LogP contribution is 2.26. The summed E-state index contributed by atoms with van der Waals surface area (Å²) in [6, 6.07) is 4.08. The van der Waals surface area contributed by atoms with Gasteiger partial charge in [0.15, 0.2) is 0 Å². The van der Waals surface area contributed by atoms with E-state index < -0.39 is 0 Å². The van der Waals surface area contributed by atoms with Crippen molar-refractivity contribution in [2.75, 3.05) is 0 Å². The molecular formula is C21H30N4O2. The number of urea groups is 1. The maximum absolute atomic E-state index is 13.1. The molecule has 0 aromatic carbocycles. The van der Waals surface area contributed by atoms with Gasteiger partial charge >= 0.3 is 6.03 Å². The summed E-state index contributed by atoms with van der Waals surface area (Å²) >= 11 is 0. The van der Waals surface area contributed by atoms with Crippen LogP contribution in [0.3, 0.4) is 0 Å². The largest absolute Gasteiger partial charge is 0.467 e. The average Bonchev–Trinajstić information content (AvgIpc) is 3.34. The van der Waals surface area contributed by atoms with Crippen LogP contribution in [0.15, 0.2) is 22.8 Å². The lowest BCUT2D eigenvalue weighted by molar-refractivity contribution is 0.181. The van der Waals surface area contributed by atoms with E-state index in [1.54, 1.807) is 6.26 Å². The van der Waals surface area contributed by atoms with Crippen molar-refractivity contribution in [3.63, 3.8) is 0 Å². The molecule has 2 amide bonds. The van der Waals surface area contributed by atoms with E-state index in [0.717, 1.165) is 37.1 Å². The van der Waals surface area contributed by atoms with Gasteiger partial charge in [0.05, 0.1) is 25.0 Å². The van der Waals surface area contributed by atoms with E-state index in [-0.39, 0.29) is 12.1 Å². The lowest BCUT2D eigenvalue weighted by Gasteiger charge is -2.25. The van der Waals surface area contributed by atoms with Gasteiger partial charge in [0, 0.05) is 18.8 Å². The van der Waals surface area contributed by atoms with Crippen LogP contribution >= 0.6 is 0 Å². The maximum atomic E-state index is 13.1. The molecule has 1 N–H and O–H groups in total. The third-order valence-electron chi connectivity index (χ3n) is 5.94. The fraction of sp³-hybridized carbons (Fsp3) is 0.619. The Labute approximate surface area is 160 Å². The highest BCUT2D eigenvalue weighted by Gasteiger charge is 2.26. The Kier molecular flexibility index (Phi) is 5.50. The van der Waals surface area contributed by atoms with Crippen LogP contribution < -0.4 is 5.32 Å². The number of fused-ring (bicyclic) bond motifs is 1. The monoisotopic (exact) mass is 370 g/mol. The van der Waals surface area contributed by atoms with Gasteiger partial charge in [0.25, 0.3) is 0 Å². The summed E-state index contributed by atoms with van der Waals surface area (Å²) in [7, 11) is 2.01. The molecule has 4 rings (SSSR count). The van der Waals surface area contributed by atoms with Crippen molar-refractivity contribution < 1.29 is 9.21 Å². The van der Waals surface area contributed by atoms with Gasteiger partial charge in [-0.25, -0.2) is 4.79 Å². The van der Waals surface area contributed by atoms with Gasteiger partial charge < -0.3 is 14.6 Å². The minimum Gasteiger partial charge on any atom is -0.467 e. The fourth-order valence-electron chi connectivity index (χ4n) is 4.49. The normalized spacial score (nSPS) is 17.5. The summed E-state index contributed by atoms with van der Waals surface area (Å²) < 4.78 is 7.50. The van der Waals surface area contributed by atoms with Crippen molar-refractivity contribution in [1.82, 2.24) is 20.0 Å². The van der Waals surface area contributed by atoms with Gasteiger partial charge in [-0.05, 0) is 49.8 Å². The number of nitrogens with zero attached hydrogens (tertiary/aromatic N) is 3. The van der Waals surface area contributed by atoms with Crippen molar-refractivity contribution >= 4 is 6.03 Å². The molecule has 2 heterocycles. The number of aryl methyl sites for hydroxylation is 1. The summed E-state index contributed by atoms with van der Waals surface area (Å²) in [5.41, 5.74) is 3.70. The summed E-state index contributed by atoms with van der Waals surface area (Å²) in [5.74, 6) is 0.804. The number of carbonyl (C=O) groups excluding carboxylic acids is 1. The van der Waals surface area contributed by atoms with E-state index in [1.807, 2.05) is 28.8 Å². The molecule has 0 saturated heterocycles. The summed E-state index contributed by atoms with van der Waals surface area (Å²) in [6.45, 7) is 0.999. The molecule has 0 bridgehead atoms. The van der Waals surface area contributed by atoms with Crippen molar-refractivity contribution in [1.29, 1.82) is 0 Å². The molecule has 1 fully saturated rings. The van der Waals surface area contributed by atoms with Gasteiger partial charge in [0.1, 0.15) is 5.76 Å². The first kappa shape index (κ1) is 18.1. The highest BCUT2D eigenvalue weighted by atomic mass is 16.3. The second kappa shape index (κ2) is 8.19. The maximum Gasteiger partial charge on any atom is 0.318 e. The first-order chi connectivity index (χ1) is 13.2. The summed E-state index contributed by atoms with van der Waals surface area (Å²) in [5, 5.41) is 7.99. The SMILES string of the molecule is Cn1nc(CN(Cc2ccco2)C(=O)NC2CCCCCC2)c2c1CCC2. The number of carbonyl (C=O) groups is 1. The van der Waals surface area contributed by atoms with Crippen LogP contribution in [-0.4, -0.2) is 26.8 Å². The number of aromatic nitrogens is 2. The van der Waals surface area contributed by atoms with Crippen LogP contribution in [0.4, 0.5) is 4.79 Å². The van der Waals surface area contributed by atoms with E-state index in [9.17, 15) is 4.79 Å². The van der Waals surface area contributed by atoms with Gasteiger partial charge in [0.2, 0.25) is 0 Å². The minimum absolute atomic E-state index is 0.00398. The Hall–Kier alpha value is -2.24. The van der Waals surface area contributed by atoms with Crippen molar-refractivity contribution in [3.05, 3.63) is 41.1 Å². The van der Waals surface area contributed by atoms with Crippen molar-refractivity contribution in [2.45, 2.75) is 76.9 Å². The zero-order valence-electron chi connectivity index (χ0n) is 16.2. The minimum atomic E-state index is -0.00398. The second-order valence-electron chi connectivity index (χ2n) is 7.92. The van der Waals surface area contributed by atoms with Gasteiger partial charge in [-0.2, -0.15) is 5.10 Å². The topological polar surface area (TPSA) is 63.3 Å². The van der Waals surface area contributed by atoms with E-state index in [1.165, 1.54) is 43.4 Å². The van der Waals surface area contributed by atoms with E-state index in [4.69, 9.17) is 9.52 Å². The van der Waals surface area contributed by atoms with E-state index in [0.29, 0.717) is 13.1 Å². The Morgan fingerprint density at radius 3 is 2.78 bits per heavy atom. The van der Waals surface area contributed by atoms with Gasteiger partial charge in [-0.1, -0.05) is 25.7 Å². The Morgan fingerprint density at radius 2 is 2.04 bits per heavy atom. The molecular weight excluding hydrogens is 340 g/mol. The third kappa shape index (κ3) is 4.20. The van der Waals surface area contributed by atoms with E-state index >= 15 is 0 Å². The number of furan rings is 1. The smallest absolute Gasteiger partial charge is 0.318 e. The fourth-order valence-corrected chi connectivity index (χ4v) is 4.49. The van der Waals surface area contributed by atoms with Crippen LogP contribution in [0.1, 0.15) is 67.7 Å². The number of amides is 2. The van der Waals surface area contributed by atoms with E-state index in [2.05, 4.69) is 5.32 Å². The lowest BCUT2D eigenvalue weighted by Crippen LogP contribution is -2.44. The average molecular weight is 370 g/mol. The number of rotatable bonds is 5. The summed E-state index contributed by atoms with van der Waals surface area (Å²) in [6.07, 6.45) is 12.1. The molecule has 0 radical (unpaired) electrons. The highest BCUT2D eigenvalue weighted by molar-refractivity contribution is 5.74. The molecule has 27 heavy (non-hydrogen) atoms. The molecule has 2 aromatic rings. The van der Waals surface area contributed by atoms with Crippen LogP contribution in [0.2, 0.25) is 0 Å². The predicted octanol–water partition coefficient (Wildman–Crippen LogP) is 3.94. The molecule has 0 atom stereocenters. The molecule has 0 aliphatic heterocycles.